The van der Waals surface area contributed by atoms with E-state index in [1.807, 2.05) is 4.98 Å². The van der Waals surface area contributed by atoms with Crippen molar-refractivity contribution in [2.45, 2.75) is 38.8 Å². The Labute approximate surface area is 103 Å². The summed E-state index contributed by atoms with van der Waals surface area (Å²) in [5.41, 5.74) is -1.77. The van der Waals surface area contributed by atoms with Crippen LogP contribution in [0.3, 0.4) is 0 Å². The first kappa shape index (κ1) is 14.2. The molecule has 1 heterocycles. The lowest BCUT2D eigenvalue weighted by atomic mass is 9.98. The molecular weight excluding hydrogens is 238 g/mol. The molecule has 0 aliphatic rings. The number of aliphatic hydroxyl groups excluding tert-OH is 1. The Bertz CT molecular complexity index is 513. The zero-order valence-electron chi connectivity index (χ0n) is 10.5. The summed E-state index contributed by atoms with van der Waals surface area (Å²) in [5.74, 6) is -0.387. The van der Waals surface area contributed by atoms with E-state index in [2.05, 4.69) is 10.3 Å². The first-order valence-electron chi connectivity index (χ1n) is 5.52. The molecule has 7 nitrogen and oxygen atoms in total. The first-order chi connectivity index (χ1) is 8.20. The van der Waals surface area contributed by atoms with Crippen LogP contribution in [0.15, 0.2) is 15.7 Å². The minimum atomic E-state index is -0.779. The molecule has 0 aliphatic carbocycles. The number of aliphatic hydroxyl groups is 1. The summed E-state index contributed by atoms with van der Waals surface area (Å²) in [4.78, 5) is 38.1. The van der Waals surface area contributed by atoms with E-state index in [1.165, 1.54) is 0 Å². The number of rotatable bonds is 4. The second-order valence-electron chi connectivity index (χ2n) is 4.74. The number of hydrogen-bond donors (Lipinski definition) is 4. The highest BCUT2D eigenvalue weighted by molar-refractivity contribution is 5.78. The van der Waals surface area contributed by atoms with Gasteiger partial charge < -0.3 is 15.4 Å². The fraction of sp³-hybridized carbons (Fsp3) is 0.545. The summed E-state index contributed by atoms with van der Waals surface area (Å²) in [5, 5.41) is 12.1. The van der Waals surface area contributed by atoms with E-state index in [-0.39, 0.29) is 18.0 Å². The van der Waals surface area contributed by atoms with Crippen LogP contribution in [0.1, 0.15) is 26.5 Å². The fourth-order valence-corrected chi connectivity index (χ4v) is 1.30. The molecule has 1 amide bonds. The van der Waals surface area contributed by atoms with Crippen LogP contribution in [0.5, 0.6) is 0 Å². The maximum atomic E-state index is 11.7. The van der Waals surface area contributed by atoms with E-state index in [0.717, 1.165) is 6.07 Å². The van der Waals surface area contributed by atoms with Gasteiger partial charge in [-0.2, -0.15) is 0 Å². The van der Waals surface area contributed by atoms with Crippen molar-refractivity contribution in [2.75, 3.05) is 0 Å². The van der Waals surface area contributed by atoms with Gasteiger partial charge in [-0.1, -0.05) is 0 Å². The van der Waals surface area contributed by atoms with Crippen molar-refractivity contribution in [3.05, 3.63) is 32.6 Å². The number of amides is 1. The number of carbonyl (C=O) groups excluding carboxylic acids is 1. The Morgan fingerprint density at radius 3 is 2.56 bits per heavy atom. The van der Waals surface area contributed by atoms with Gasteiger partial charge in [-0.25, -0.2) is 4.79 Å². The summed E-state index contributed by atoms with van der Waals surface area (Å²) < 4.78 is 0. The lowest BCUT2D eigenvalue weighted by Crippen LogP contribution is -2.51. The van der Waals surface area contributed by atoms with Crippen LogP contribution in [-0.4, -0.2) is 32.6 Å². The van der Waals surface area contributed by atoms with Gasteiger partial charge in [-0.05, 0) is 20.8 Å². The summed E-state index contributed by atoms with van der Waals surface area (Å²) >= 11 is 0. The van der Waals surface area contributed by atoms with E-state index >= 15 is 0 Å². The quantitative estimate of drug-likeness (QED) is 0.545. The lowest BCUT2D eigenvalue weighted by Gasteiger charge is -2.29. The molecule has 0 bridgehead atoms. The second kappa shape index (κ2) is 5.18. The van der Waals surface area contributed by atoms with Crippen LogP contribution in [0.4, 0.5) is 0 Å². The van der Waals surface area contributed by atoms with Crippen LogP contribution in [-0.2, 0) is 11.2 Å². The molecule has 1 rings (SSSR count). The van der Waals surface area contributed by atoms with E-state index in [0.29, 0.717) is 0 Å². The molecule has 100 valence electrons. The maximum Gasteiger partial charge on any atom is 0.325 e. The normalized spacial score (nSPS) is 13.1. The average molecular weight is 255 g/mol. The third-order valence-electron chi connectivity index (χ3n) is 2.67. The third kappa shape index (κ3) is 3.85. The highest BCUT2D eigenvalue weighted by atomic mass is 16.3. The standard InChI is InChI=1S/C11H17N3O4/c1-6(15)11(2,3)14-9(17)5-7-4-8(16)13-10(18)12-7/h4,6,15H,5H2,1-3H3,(H,14,17)(H2,12,13,16,18). The third-order valence-corrected chi connectivity index (χ3v) is 2.67. The molecule has 7 heteroatoms. The van der Waals surface area contributed by atoms with Crippen LogP contribution in [0, 0.1) is 0 Å². The summed E-state index contributed by atoms with van der Waals surface area (Å²) in [6.07, 6.45) is -0.852. The van der Waals surface area contributed by atoms with Gasteiger partial charge in [-0.3, -0.25) is 14.6 Å². The molecule has 1 unspecified atom stereocenters. The number of nitrogens with one attached hydrogen (secondary N) is 3. The fourth-order valence-electron chi connectivity index (χ4n) is 1.30. The lowest BCUT2D eigenvalue weighted by molar-refractivity contribution is -0.123. The maximum absolute atomic E-state index is 11.7. The zero-order valence-corrected chi connectivity index (χ0v) is 10.5. The minimum Gasteiger partial charge on any atom is -0.391 e. The molecule has 0 aromatic carbocycles. The number of H-pyrrole nitrogens is 2. The van der Waals surface area contributed by atoms with E-state index in [1.54, 1.807) is 20.8 Å². The monoisotopic (exact) mass is 255 g/mol. The Morgan fingerprint density at radius 2 is 2.06 bits per heavy atom. The van der Waals surface area contributed by atoms with Crippen LogP contribution >= 0.6 is 0 Å². The predicted molar refractivity (Wildman–Crippen MR) is 65.3 cm³/mol. The molecule has 0 fully saturated rings. The molecule has 0 aliphatic heterocycles. The van der Waals surface area contributed by atoms with Gasteiger partial charge in [0.2, 0.25) is 5.91 Å². The summed E-state index contributed by atoms with van der Waals surface area (Å²) in [6, 6.07) is 1.15. The SMILES string of the molecule is CC(O)C(C)(C)NC(=O)Cc1cc(=O)[nH]c(=O)[nH]1. The van der Waals surface area contributed by atoms with Gasteiger partial charge >= 0.3 is 5.69 Å². The largest absolute Gasteiger partial charge is 0.391 e. The van der Waals surface area contributed by atoms with Crippen molar-refractivity contribution in [3.8, 4) is 0 Å². The molecular formula is C11H17N3O4. The summed E-state index contributed by atoms with van der Waals surface area (Å²) in [7, 11) is 0. The van der Waals surface area contributed by atoms with Gasteiger partial charge in [0.05, 0.1) is 18.1 Å². The summed E-state index contributed by atoms with van der Waals surface area (Å²) in [6.45, 7) is 4.92. The van der Waals surface area contributed by atoms with Crippen molar-refractivity contribution in [1.82, 2.24) is 15.3 Å². The molecule has 0 radical (unpaired) electrons. The molecule has 4 N–H and O–H groups in total. The predicted octanol–water partition coefficient (Wildman–Crippen LogP) is -1.12. The Balaban J connectivity index is 2.77. The van der Waals surface area contributed by atoms with Crippen molar-refractivity contribution in [3.63, 3.8) is 0 Å². The molecule has 1 atom stereocenters. The molecule has 0 saturated heterocycles. The van der Waals surface area contributed by atoms with Crippen LogP contribution in [0.25, 0.3) is 0 Å². The highest BCUT2D eigenvalue weighted by Crippen LogP contribution is 2.08. The zero-order chi connectivity index (χ0) is 13.9. The molecule has 18 heavy (non-hydrogen) atoms. The van der Waals surface area contributed by atoms with Gasteiger partial charge in [-0.15, -0.1) is 0 Å². The number of hydrogen-bond acceptors (Lipinski definition) is 4. The highest BCUT2D eigenvalue weighted by Gasteiger charge is 2.25. The van der Waals surface area contributed by atoms with E-state index in [4.69, 9.17) is 0 Å². The second-order valence-corrected chi connectivity index (χ2v) is 4.74. The average Bonchev–Trinajstić information content (AvgIpc) is 2.13. The van der Waals surface area contributed by atoms with Crippen LogP contribution in [0.2, 0.25) is 0 Å². The number of aromatic nitrogens is 2. The Morgan fingerprint density at radius 1 is 1.44 bits per heavy atom. The first-order valence-corrected chi connectivity index (χ1v) is 5.52. The van der Waals surface area contributed by atoms with Crippen molar-refractivity contribution in [1.29, 1.82) is 0 Å². The smallest absolute Gasteiger partial charge is 0.325 e. The minimum absolute atomic E-state index is 0.130. The van der Waals surface area contributed by atoms with E-state index in [9.17, 15) is 19.5 Å². The Hall–Kier alpha value is -1.89. The Kier molecular flexibility index (Phi) is 4.07. The van der Waals surface area contributed by atoms with Gasteiger partial charge in [0, 0.05) is 11.8 Å². The van der Waals surface area contributed by atoms with E-state index < -0.39 is 22.9 Å². The molecule has 0 spiro atoms. The van der Waals surface area contributed by atoms with Gasteiger partial charge in [0.1, 0.15) is 0 Å². The van der Waals surface area contributed by atoms with Crippen LogP contribution < -0.4 is 16.6 Å². The van der Waals surface area contributed by atoms with Crippen molar-refractivity contribution >= 4 is 5.91 Å². The van der Waals surface area contributed by atoms with Crippen molar-refractivity contribution in [2.24, 2.45) is 0 Å². The topological polar surface area (TPSA) is 115 Å². The molecule has 1 aromatic heterocycles. The number of aromatic amines is 2. The van der Waals surface area contributed by atoms with Gasteiger partial charge in [0.25, 0.3) is 5.56 Å². The van der Waals surface area contributed by atoms with Gasteiger partial charge in [0.15, 0.2) is 0 Å². The van der Waals surface area contributed by atoms with Crippen molar-refractivity contribution < 1.29 is 9.90 Å². The number of carbonyl (C=O) groups is 1. The molecule has 0 saturated carbocycles. The molecule has 1 aromatic rings.